The Hall–Kier alpha value is -3.03. The molecule has 6 nitrogen and oxygen atoms in total. The zero-order valence-corrected chi connectivity index (χ0v) is 18.7. The second kappa shape index (κ2) is 10.1. The van der Waals surface area contributed by atoms with E-state index < -0.39 is 10.0 Å². The molecular weight excluding hydrogens is 422 g/mol. The second-order valence-corrected chi connectivity index (χ2v) is 9.87. The van der Waals surface area contributed by atoms with Crippen molar-refractivity contribution in [2.45, 2.75) is 37.1 Å². The van der Waals surface area contributed by atoms with Gasteiger partial charge in [0.1, 0.15) is 5.49 Å². The number of aromatic nitrogens is 1. The van der Waals surface area contributed by atoms with Gasteiger partial charge in [0.2, 0.25) is 15.9 Å². The van der Waals surface area contributed by atoms with E-state index in [-0.39, 0.29) is 12.3 Å². The van der Waals surface area contributed by atoms with Gasteiger partial charge in [-0.3, -0.25) is 4.79 Å². The number of hydrogen-bond acceptors (Lipinski definition) is 3. The van der Waals surface area contributed by atoms with Gasteiger partial charge < -0.3 is 4.57 Å². The summed E-state index contributed by atoms with van der Waals surface area (Å²) in [6, 6.07) is 22.5. The molecule has 0 aliphatic carbocycles. The van der Waals surface area contributed by atoms with Crippen molar-refractivity contribution in [2.75, 3.05) is 13.1 Å². The number of rotatable bonds is 7. The summed E-state index contributed by atoms with van der Waals surface area (Å²) in [6.07, 6.45) is 4.51. The number of carbonyl (C=O) groups is 1. The summed E-state index contributed by atoms with van der Waals surface area (Å²) < 4.78 is 28.8. The van der Waals surface area contributed by atoms with E-state index in [4.69, 9.17) is 0 Å². The fraction of sp³-hybridized carbons (Fsp3) is 0.280. The molecule has 2 aromatic carbocycles. The number of amides is 1. The minimum atomic E-state index is -3.41. The first-order valence-corrected chi connectivity index (χ1v) is 12.3. The van der Waals surface area contributed by atoms with Gasteiger partial charge in [-0.1, -0.05) is 48.5 Å². The van der Waals surface area contributed by atoms with E-state index >= 15 is 0 Å². The van der Waals surface area contributed by atoms with E-state index in [2.05, 4.69) is 4.99 Å². The predicted octanol–water partition coefficient (Wildman–Crippen LogP) is 3.38. The summed E-state index contributed by atoms with van der Waals surface area (Å²) >= 11 is 0. The van der Waals surface area contributed by atoms with Crippen LogP contribution in [0.15, 0.2) is 88.9 Å². The van der Waals surface area contributed by atoms with Crippen LogP contribution in [0.4, 0.5) is 0 Å². The van der Waals surface area contributed by atoms with Crippen LogP contribution in [0.1, 0.15) is 30.4 Å². The van der Waals surface area contributed by atoms with Crippen LogP contribution in [0.2, 0.25) is 0 Å². The van der Waals surface area contributed by atoms with Gasteiger partial charge in [-0.2, -0.15) is 9.30 Å². The third kappa shape index (κ3) is 5.41. The van der Waals surface area contributed by atoms with Crippen LogP contribution >= 0.6 is 0 Å². The number of pyridine rings is 1. The monoisotopic (exact) mass is 449 g/mol. The first-order valence-electron chi connectivity index (χ1n) is 10.9. The summed E-state index contributed by atoms with van der Waals surface area (Å²) in [5.74, 6) is -0.202. The van der Waals surface area contributed by atoms with Gasteiger partial charge in [-0.05, 0) is 54.7 Å². The maximum Gasteiger partial charge on any atom is 0.247 e. The molecule has 1 fully saturated rings. The summed E-state index contributed by atoms with van der Waals surface area (Å²) in [4.78, 5) is 17.1. The van der Waals surface area contributed by atoms with E-state index in [1.165, 1.54) is 4.31 Å². The Morgan fingerprint density at radius 2 is 1.53 bits per heavy atom. The number of aryl methyl sites for hydroxylation is 1. The molecule has 0 saturated carbocycles. The average molecular weight is 450 g/mol. The van der Waals surface area contributed by atoms with Crippen molar-refractivity contribution >= 4 is 15.9 Å². The van der Waals surface area contributed by atoms with Gasteiger partial charge >= 0.3 is 0 Å². The maximum absolute atomic E-state index is 12.6. The summed E-state index contributed by atoms with van der Waals surface area (Å²) in [5, 5.41) is 0. The molecule has 2 heterocycles. The molecule has 0 unspecified atom stereocenters. The molecular formula is C25H27N3O3S. The van der Waals surface area contributed by atoms with Gasteiger partial charge in [-0.15, -0.1) is 0 Å². The molecule has 1 aliphatic heterocycles. The average Bonchev–Trinajstić information content (AvgIpc) is 3.36. The van der Waals surface area contributed by atoms with Crippen LogP contribution in [0, 0.1) is 0 Å². The normalized spacial score (nSPS) is 15.2. The van der Waals surface area contributed by atoms with Gasteiger partial charge in [0.05, 0.1) is 4.90 Å². The third-order valence-corrected chi connectivity index (χ3v) is 7.52. The van der Waals surface area contributed by atoms with Crippen LogP contribution in [0.5, 0.6) is 0 Å². The smallest absolute Gasteiger partial charge is 0.247 e. The molecule has 0 radical (unpaired) electrons. The molecule has 0 bridgehead atoms. The summed E-state index contributed by atoms with van der Waals surface area (Å²) in [6.45, 7) is 1.81. The van der Waals surface area contributed by atoms with E-state index in [1.54, 1.807) is 24.3 Å². The molecule has 7 heteroatoms. The molecule has 0 N–H and O–H groups in total. The largest absolute Gasteiger partial charge is 0.329 e. The number of benzene rings is 2. The maximum atomic E-state index is 12.6. The van der Waals surface area contributed by atoms with Gasteiger partial charge in [0.15, 0.2) is 0 Å². The van der Waals surface area contributed by atoms with Crippen molar-refractivity contribution in [1.29, 1.82) is 0 Å². The zero-order valence-electron chi connectivity index (χ0n) is 17.9. The van der Waals surface area contributed by atoms with E-state index in [0.29, 0.717) is 36.4 Å². The first-order chi connectivity index (χ1) is 15.5. The molecule has 1 aliphatic rings. The Morgan fingerprint density at radius 3 is 2.25 bits per heavy atom. The summed E-state index contributed by atoms with van der Waals surface area (Å²) in [5.41, 5.74) is 2.67. The molecule has 0 spiro atoms. The molecule has 166 valence electrons. The lowest BCUT2D eigenvalue weighted by Crippen LogP contribution is -2.27. The third-order valence-electron chi connectivity index (χ3n) is 5.61. The quantitative estimate of drug-likeness (QED) is 0.555. The standard InChI is InChI=1S/C25H27N3O3S/c29-25(26-24-10-4-5-17-27(24)20-22-8-2-1-3-9-22)16-13-21-11-14-23(15-12-21)32(30,31)28-18-6-7-19-28/h1-5,8-12,14-15,17H,6-7,13,16,18-20H2. The van der Waals surface area contributed by atoms with E-state index in [1.807, 2.05) is 59.3 Å². The molecule has 32 heavy (non-hydrogen) atoms. The molecule has 1 amide bonds. The highest BCUT2D eigenvalue weighted by Gasteiger charge is 2.26. The number of carbonyl (C=O) groups excluding carboxylic acids is 1. The minimum absolute atomic E-state index is 0.202. The highest BCUT2D eigenvalue weighted by atomic mass is 32.2. The highest BCUT2D eigenvalue weighted by Crippen LogP contribution is 2.21. The Bertz CT molecular complexity index is 1230. The Morgan fingerprint density at radius 1 is 0.844 bits per heavy atom. The predicted molar refractivity (Wildman–Crippen MR) is 123 cm³/mol. The van der Waals surface area contributed by atoms with E-state index in [9.17, 15) is 13.2 Å². The summed E-state index contributed by atoms with van der Waals surface area (Å²) in [7, 11) is -3.41. The van der Waals surface area contributed by atoms with Crippen molar-refractivity contribution < 1.29 is 13.2 Å². The number of sulfonamides is 1. The Labute approximate surface area is 188 Å². The SMILES string of the molecule is O=C(CCc1ccc(S(=O)(=O)N2CCCC2)cc1)N=c1ccccn1Cc1ccccc1. The second-order valence-electron chi connectivity index (χ2n) is 7.93. The molecule has 3 aromatic rings. The van der Waals surface area contributed by atoms with Crippen molar-refractivity contribution in [3.8, 4) is 0 Å². The fourth-order valence-electron chi connectivity index (χ4n) is 3.82. The van der Waals surface area contributed by atoms with Crippen LogP contribution in [-0.4, -0.2) is 36.3 Å². The highest BCUT2D eigenvalue weighted by molar-refractivity contribution is 7.89. The van der Waals surface area contributed by atoms with Gasteiger partial charge in [-0.25, -0.2) is 8.42 Å². The fourth-order valence-corrected chi connectivity index (χ4v) is 5.34. The first kappa shape index (κ1) is 22.2. The molecule has 4 rings (SSSR count). The van der Waals surface area contributed by atoms with Crippen molar-refractivity contribution in [3.63, 3.8) is 0 Å². The molecule has 1 aromatic heterocycles. The number of hydrogen-bond donors (Lipinski definition) is 0. The number of nitrogens with zero attached hydrogens (tertiary/aromatic N) is 3. The molecule has 0 atom stereocenters. The lowest BCUT2D eigenvalue weighted by Gasteiger charge is -2.15. The van der Waals surface area contributed by atoms with Crippen LogP contribution < -0.4 is 5.49 Å². The van der Waals surface area contributed by atoms with E-state index in [0.717, 1.165) is 24.0 Å². The Kier molecular flexibility index (Phi) is 6.97. The van der Waals surface area contributed by atoms with Gasteiger partial charge in [0.25, 0.3) is 0 Å². The van der Waals surface area contributed by atoms with Crippen molar-refractivity contribution in [3.05, 3.63) is 95.6 Å². The van der Waals surface area contributed by atoms with Crippen molar-refractivity contribution in [2.24, 2.45) is 4.99 Å². The molecule has 1 saturated heterocycles. The minimum Gasteiger partial charge on any atom is -0.329 e. The lowest BCUT2D eigenvalue weighted by atomic mass is 10.1. The van der Waals surface area contributed by atoms with Crippen LogP contribution in [-0.2, 0) is 27.8 Å². The topological polar surface area (TPSA) is 71.7 Å². The van der Waals surface area contributed by atoms with Crippen LogP contribution in [0.3, 0.4) is 0 Å². The van der Waals surface area contributed by atoms with Crippen LogP contribution in [0.25, 0.3) is 0 Å². The van der Waals surface area contributed by atoms with Crippen molar-refractivity contribution in [1.82, 2.24) is 8.87 Å². The Balaban J connectivity index is 1.41. The lowest BCUT2D eigenvalue weighted by molar-refractivity contribution is -0.118. The zero-order chi connectivity index (χ0) is 22.4. The van der Waals surface area contributed by atoms with Gasteiger partial charge in [0, 0.05) is 32.3 Å².